The molecule has 0 aliphatic rings. The van der Waals surface area contributed by atoms with Crippen LogP contribution < -0.4 is 21.4 Å². The number of benzene rings is 1. The normalized spacial score (nSPS) is 11.1. The van der Waals surface area contributed by atoms with Crippen molar-refractivity contribution in [2.24, 2.45) is 5.10 Å². The molecule has 0 radical (unpaired) electrons. The number of rotatable bonds is 5. The van der Waals surface area contributed by atoms with Crippen LogP contribution in [0.4, 0.5) is 5.69 Å². The Morgan fingerprint density at radius 3 is 2.45 bits per heavy atom. The molecule has 1 heterocycles. The second-order valence-electron chi connectivity index (χ2n) is 7.35. The molecule has 2 rings (SSSR count). The number of hydrogen-bond acceptors (Lipinski definition) is 6. The van der Waals surface area contributed by atoms with E-state index in [9.17, 15) is 19.2 Å². The van der Waals surface area contributed by atoms with Gasteiger partial charge >= 0.3 is 23.6 Å². The van der Waals surface area contributed by atoms with Gasteiger partial charge in [-0.2, -0.15) is 5.10 Å². The molecule has 0 unspecified atom stereocenters. The first kappa shape index (κ1) is 23.6. The molecule has 31 heavy (non-hydrogen) atoms. The topological polar surface area (TPSA) is 142 Å². The maximum Gasteiger partial charge on any atom is 0.329 e. The van der Waals surface area contributed by atoms with Crippen LogP contribution in [0.15, 0.2) is 45.9 Å². The van der Waals surface area contributed by atoms with Crippen LogP contribution in [0.1, 0.15) is 32.3 Å². The average Bonchev–Trinajstić information content (AvgIpc) is 3.12. The van der Waals surface area contributed by atoms with E-state index in [1.807, 2.05) is 0 Å². The molecule has 0 saturated carbocycles. The van der Waals surface area contributed by atoms with E-state index in [2.05, 4.69) is 26.5 Å². The van der Waals surface area contributed by atoms with Crippen LogP contribution in [-0.2, 0) is 25.7 Å². The van der Waals surface area contributed by atoms with Gasteiger partial charge in [0.2, 0.25) is 0 Å². The number of hydrazone groups is 1. The van der Waals surface area contributed by atoms with Gasteiger partial charge in [-0.15, -0.1) is 0 Å². The Labute approximate surface area is 183 Å². The van der Waals surface area contributed by atoms with Gasteiger partial charge < -0.3 is 20.4 Å². The van der Waals surface area contributed by atoms with Crippen molar-refractivity contribution in [2.75, 3.05) is 5.32 Å². The number of hydrogen-bond donors (Lipinski definition) is 4. The van der Waals surface area contributed by atoms with Gasteiger partial charge in [0, 0.05) is 16.2 Å². The third-order valence-corrected chi connectivity index (χ3v) is 3.68. The van der Waals surface area contributed by atoms with E-state index in [-0.39, 0.29) is 12.3 Å². The van der Waals surface area contributed by atoms with Crippen molar-refractivity contribution in [3.8, 4) is 0 Å². The first-order chi connectivity index (χ1) is 14.5. The molecule has 4 N–H and O–H groups in total. The van der Waals surface area contributed by atoms with Crippen LogP contribution in [0, 0.1) is 0 Å². The molecular weight excluding hydrogens is 426 g/mol. The number of nitrogens with one attached hydrogen (secondary N) is 4. The monoisotopic (exact) mass is 447 g/mol. The van der Waals surface area contributed by atoms with Crippen molar-refractivity contribution >= 4 is 47.1 Å². The number of carbonyl (C=O) groups is 4. The van der Waals surface area contributed by atoms with Crippen molar-refractivity contribution in [3.63, 3.8) is 0 Å². The lowest BCUT2D eigenvalue weighted by Gasteiger charge is -2.19. The molecule has 1 aromatic heterocycles. The number of furan rings is 1. The summed E-state index contributed by atoms with van der Waals surface area (Å²) in [4.78, 5) is 47.1. The van der Waals surface area contributed by atoms with Gasteiger partial charge in [-0.05, 0) is 51.1 Å². The lowest BCUT2D eigenvalue weighted by atomic mass is 10.1. The van der Waals surface area contributed by atoms with Crippen LogP contribution in [-0.4, -0.2) is 35.4 Å². The van der Waals surface area contributed by atoms with Crippen molar-refractivity contribution in [2.45, 2.75) is 32.9 Å². The first-order valence-corrected chi connectivity index (χ1v) is 9.50. The zero-order valence-corrected chi connectivity index (χ0v) is 17.9. The van der Waals surface area contributed by atoms with Crippen molar-refractivity contribution in [1.82, 2.24) is 16.1 Å². The standard InChI is InChI=1S/C20H22ClN5O5/c1-20(2,3)25-18(29)19(30)26-23-11-15-8-7-14(31-15)10-22-16(27)17(28)24-13-6-4-5-12(21)9-13/h4-9,11H,10H2,1-3H3,(H,22,27)(H,24,28)(H,25,29)(H,26,30)/b23-11+. The smallest absolute Gasteiger partial charge is 0.329 e. The molecule has 0 saturated heterocycles. The fraction of sp³-hybridized carbons (Fsp3) is 0.250. The molecule has 0 atom stereocenters. The Balaban J connectivity index is 1.80. The summed E-state index contributed by atoms with van der Waals surface area (Å²) < 4.78 is 5.41. The van der Waals surface area contributed by atoms with Gasteiger partial charge in [-0.3, -0.25) is 19.2 Å². The van der Waals surface area contributed by atoms with Crippen LogP contribution in [0.2, 0.25) is 5.02 Å². The van der Waals surface area contributed by atoms with Gasteiger partial charge in [0.15, 0.2) is 0 Å². The van der Waals surface area contributed by atoms with E-state index in [0.717, 1.165) is 0 Å². The van der Waals surface area contributed by atoms with E-state index in [1.165, 1.54) is 12.3 Å². The van der Waals surface area contributed by atoms with Crippen LogP contribution in [0.3, 0.4) is 0 Å². The predicted molar refractivity (Wildman–Crippen MR) is 114 cm³/mol. The minimum atomic E-state index is -0.920. The lowest BCUT2D eigenvalue weighted by molar-refractivity contribution is -0.140. The summed E-state index contributed by atoms with van der Waals surface area (Å²) in [7, 11) is 0. The maximum absolute atomic E-state index is 11.9. The van der Waals surface area contributed by atoms with Gasteiger partial charge in [0.1, 0.15) is 11.5 Å². The van der Waals surface area contributed by atoms with Crippen molar-refractivity contribution < 1.29 is 23.6 Å². The molecule has 0 bridgehead atoms. The van der Waals surface area contributed by atoms with Gasteiger partial charge in [0.25, 0.3) is 0 Å². The zero-order chi connectivity index (χ0) is 23.0. The minimum Gasteiger partial charge on any atom is -0.458 e. The summed E-state index contributed by atoms with van der Waals surface area (Å²) in [5.74, 6) is -2.83. The highest BCUT2D eigenvalue weighted by Crippen LogP contribution is 2.14. The quantitative estimate of drug-likeness (QED) is 0.312. The summed E-state index contributed by atoms with van der Waals surface area (Å²) in [6, 6.07) is 9.49. The van der Waals surface area contributed by atoms with E-state index < -0.39 is 29.2 Å². The molecule has 11 heteroatoms. The maximum atomic E-state index is 11.9. The Hall–Kier alpha value is -3.66. The first-order valence-electron chi connectivity index (χ1n) is 9.12. The van der Waals surface area contributed by atoms with Gasteiger partial charge in [-0.1, -0.05) is 17.7 Å². The fourth-order valence-corrected chi connectivity index (χ4v) is 2.35. The molecule has 0 fully saturated rings. The summed E-state index contributed by atoms with van der Waals surface area (Å²) in [5, 5.41) is 11.4. The summed E-state index contributed by atoms with van der Waals surface area (Å²) >= 11 is 5.83. The highest BCUT2D eigenvalue weighted by Gasteiger charge is 2.19. The summed E-state index contributed by atoms with van der Waals surface area (Å²) in [6.45, 7) is 5.18. The highest BCUT2D eigenvalue weighted by atomic mass is 35.5. The van der Waals surface area contributed by atoms with Gasteiger partial charge in [-0.25, -0.2) is 5.43 Å². The molecular formula is C20H22ClN5O5. The zero-order valence-electron chi connectivity index (χ0n) is 17.1. The highest BCUT2D eigenvalue weighted by molar-refractivity contribution is 6.39. The molecule has 0 spiro atoms. The Morgan fingerprint density at radius 1 is 1.03 bits per heavy atom. The summed E-state index contributed by atoms with van der Waals surface area (Å²) in [6.07, 6.45) is 1.19. The molecule has 0 aliphatic heterocycles. The van der Waals surface area contributed by atoms with Crippen molar-refractivity contribution in [3.05, 3.63) is 52.9 Å². The largest absolute Gasteiger partial charge is 0.458 e. The Morgan fingerprint density at radius 2 is 1.77 bits per heavy atom. The number of anilines is 1. The molecule has 164 valence electrons. The molecule has 10 nitrogen and oxygen atoms in total. The third kappa shape index (κ3) is 8.31. The second-order valence-corrected chi connectivity index (χ2v) is 7.79. The van der Waals surface area contributed by atoms with Crippen LogP contribution >= 0.6 is 11.6 Å². The minimum absolute atomic E-state index is 0.0456. The third-order valence-electron chi connectivity index (χ3n) is 3.45. The average molecular weight is 448 g/mol. The van der Waals surface area contributed by atoms with Crippen LogP contribution in [0.25, 0.3) is 0 Å². The molecule has 4 amide bonds. The number of halogens is 1. The lowest BCUT2D eigenvalue weighted by Crippen LogP contribution is -2.47. The van der Waals surface area contributed by atoms with Gasteiger partial charge in [0.05, 0.1) is 12.8 Å². The molecule has 2 aromatic rings. The van der Waals surface area contributed by atoms with Crippen LogP contribution in [0.5, 0.6) is 0 Å². The van der Waals surface area contributed by atoms with E-state index >= 15 is 0 Å². The van der Waals surface area contributed by atoms with Crippen molar-refractivity contribution in [1.29, 1.82) is 0 Å². The number of amides is 4. The predicted octanol–water partition coefficient (Wildman–Crippen LogP) is 1.55. The Bertz CT molecular complexity index is 1010. The number of carbonyl (C=O) groups excluding carboxylic acids is 4. The molecule has 0 aliphatic carbocycles. The SMILES string of the molecule is CC(C)(C)NC(=O)C(=O)N/N=C/c1ccc(CNC(=O)C(=O)Nc2cccc(Cl)c2)o1. The summed E-state index contributed by atoms with van der Waals surface area (Å²) in [5.41, 5.74) is 1.92. The van der Waals surface area contributed by atoms with E-state index in [0.29, 0.717) is 16.5 Å². The van der Waals surface area contributed by atoms with E-state index in [4.69, 9.17) is 16.0 Å². The second kappa shape index (κ2) is 10.4. The van der Waals surface area contributed by atoms with E-state index in [1.54, 1.807) is 51.1 Å². The molecule has 1 aromatic carbocycles. The fourth-order valence-electron chi connectivity index (χ4n) is 2.16. The Kier molecular flexibility index (Phi) is 7.92. The number of nitrogens with zero attached hydrogens (tertiary/aromatic N) is 1.